The average molecular weight is 362 g/mol. The van der Waals surface area contributed by atoms with Crippen LogP contribution in [0, 0.1) is 0 Å². The van der Waals surface area contributed by atoms with Crippen molar-refractivity contribution in [1.29, 1.82) is 0 Å². The molecule has 1 N–H and O–H groups in total. The summed E-state index contributed by atoms with van der Waals surface area (Å²) in [7, 11) is 2.91. The van der Waals surface area contributed by atoms with E-state index >= 15 is 0 Å². The fraction of sp³-hybridized carbons (Fsp3) is 0.263. The third-order valence-electron chi connectivity index (χ3n) is 3.84. The zero-order valence-corrected chi connectivity index (χ0v) is 15.1. The quantitative estimate of drug-likeness (QED) is 0.780. The third-order valence-corrected chi connectivity index (χ3v) is 4.17. The number of benzene rings is 2. The van der Waals surface area contributed by atoms with E-state index in [9.17, 15) is 9.59 Å². The second-order valence-electron chi connectivity index (χ2n) is 5.61. The second-order valence-corrected chi connectivity index (χ2v) is 6.02. The summed E-state index contributed by atoms with van der Waals surface area (Å²) in [6, 6.07) is 12.2. The van der Waals surface area contributed by atoms with E-state index in [4.69, 9.17) is 16.3 Å². The Morgan fingerprint density at radius 1 is 1.12 bits per heavy atom. The van der Waals surface area contributed by atoms with Crippen molar-refractivity contribution in [2.24, 2.45) is 0 Å². The van der Waals surface area contributed by atoms with Gasteiger partial charge >= 0.3 is 5.97 Å². The smallest absolute Gasteiger partial charge is 0.337 e. The Hall–Kier alpha value is -2.53. The van der Waals surface area contributed by atoms with Gasteiger partial charge in [-0.2, -0.15) is 0 Å². The number of carbonyl (C=O) groups excluding carboxylic acids is 2. The summed E-state index contributed by atoms with van der Waals surface area (Å²) >= 11 is 6.09. The minimum absolute atomic E-state index is 0.0217. The highest BCUT2D eigenvalue weighted by molar-refractivity contribution is 6.33. The van der Waals surface area contributed by atoms with E-state index in [1.54, 1.807) is 19.2 Å². The van der Waals surface area contributed by atoms with Crippen LogP contribution in [0.4, 0.5) is 5.69 Å². The van der Waals surface area contributed by atoms with E-state index in [0.29, 0.717) is 16.3 Å². The van der Waals surface area contributed by atoms with Crippen molar-refractivity contribution in [3.8, 4) is 5.75 Å². The van der Waals surface area contributed by atoms with Gasteiger partial charge in [0.15, 0.2) is 0 Å². The summed E-state index contributed by atoms with van der Waals surface area (Å²) in [6.07, 6.45) is 0.283. The van der Waals surface area contributed by atoms with E-state index in [0.717, 1.165) is 11.3 Å². The largest absolute Gasteiger partial charge is 0.497 e. The van der Waals surface area contributed by atoms with Crippen LogP contribution in [-0.4, -0.2) is 26.1 Å². The normalized spacial score (nSPS) is 11.5. The highest BCUT2D eigenvalue weighted by Crippen LogP contribution is 2.26. The Labute approximate surface area is 151 Å². The molecular weight excluding hydrogens is 342 g/mol. The molecular formula is C19H20ClNO4. The summed E-state index contributed by atoms with van der Waals surface area (Å²) in [4.78, 5) is 23.9. The molecule has 0 bridgehead atoms. The lowest BCUT2D eigenvalue weighted by atomic mass is 9.97. The van der Waals surface area contributed by atoms with Crippen LogP contribution in [0.2, 0.25) is 5.02 Å². The van der Waals surface area contributed by atoms with Crippen LogP contribution >= 0.6 is 11.6 Å². The Balaban J connectivity index is 2.05. The maximum absolute atomic E-state index is 12.3. The number of ether oxygens (including phenoxy) is 2. The fourth-order valence-corrected chi connectivity index (χ4v) is 2.56. The number of amides is 1. The van der Waals surface area contributed by atoms with Crippen molar-refractivity contribution in [3.05, 3.63) is 58.6 Å². The lowest BCUT2D eigenvalue weighted by Crippen LogP contribution is -2.15. The summed E-state index contributed by atoms with van der Waals surface area (Å²) in [5, 5.41) is 3.11. The van der Waals surface area contributed by atoms with E-state index in [2.05, 4.69) is 10.1 Å². The van der Waals surface area contributed by atoms with Gasteiger partial charge in [-0.3, -0.25) is 4.79 Å². The molecule has 6 heteroatoms. The summed E-state index contributed by atoms with van der Waals surface area (Å²) in [6.45, 7) is 1.97. The molecule has 1 amide bonds. The van der Waals surface area contributed by atoms with Crippen molar-refractivity contribution in [1.82, 2.24) is 0 Å². The van der Waals surface area contributed by atoms with Gasteiger partial charge in [0, 0.05) is 6.42 Å². The topological polar surface area (TPSA) is 64.6 Å². The van der Waals surface area contributed by atoms with Gasteiger partial charge in [0.1, 0.15) is 5.75 Å². The number of esters is 1. The zero-order valence-electron chi connectivity index (χ0n) is 14.3. The van der Waals surface area contributed by atoms with Gasteiger partial charge < -0.3 is 14.8 Å². The number of anilines is 1. The number of hydrogen-bond donors (Lipinski definition) is 1. The first-order valence-electron chi connectivity index (χ1n) is 7.76. The van der Waals surface area contributed by atoms with Crippen molar-refractivity contribution in [3.63, 3.8) is 0 Å². The molecule has 132 valence electrons. The van der Waals surface area contributed by atoms with Gasteiger partial charge in [-0.1, -0.05) is 30.7 Å². The van der Waals surface area contributed by atoms with Gasteiger partial charge in [-0.15, -0.1) is 0 Å². The molecule has 0 fully saturated rings. The molecule has 0 aliphatic heterocycles. The number of methoxy groups -OCH3 is 2. The molecule has 2 aromatic rings. The first-order valence-corrected chi connectivity index (χ1v) is 8.14. The maximum Gasteiger partial charge on any atom is 0.337 e. The van der Waals surface area contributed by atoms with Crippen molar-refractivity contribution in [2.75, 3.05) is 19.5 Å². The first-order chi connectivity index (χ1) is 11.9. The molecule has 2 rings (SSSR count). The molecule has 2 aromatic carbocycles. The molecule has 0 saturated heterocycles. The number of halogens is 1. The lowest BCUT2D eigenvalue weighted by Gasteiger charge is -2.14. The van der Waals surface area contributed by atoms with Crippen LogP contribution < -0.4 is 10.1 Å². The number of hydrogen-bond acceptors (Lipinski definition) is 4. The highest BCUT2D eigenvalue weighted by atomic mass is 35.5. The third kappa shape index (κ3) is 4.97. The highest BCUT2D eigenvalue weighted by Gasteiger charge is 2.14. The van der Waals surface area contributed by atoms with Crippen LogP contribution in [0.1, 0.15) is 35.2 Å². The van der Waals surface area contributed by atoms with Gasteiger partial charge in [-0.25, -0.2) is 4.79 Å². The van der Waals surface area contributed by atoms with Crippen LogP contribution in [0.3, 0.4) is 0 Å². The molecule has 0 aliphatic carbocycles. The second kappa shape index (κ2) is 8.53. The van der Waals surface area contributed by atoms with Crippen LogP contribution in [0.15, 0.2) is 42.5 Å². The molecule has 0 spiro atoms. The molecule has 1 unspecified atom stereocenters. The lowest BCUT2D eigenvalue weighted by molar-refractivity contribution is -0.116. The molecule has 25 heavy (non-hydrogen) atoms. The van der Waals surface area contributed by atoms with E-state index < -0.39 is 5.97 Å². The summed E-state index contributed by atoms with van der Waals surface area (Å²) < 4.78 is 9.80. The van der Waals surface area contributed by atoms with E-state index in [1.165, 1.54) is 13.2 Å². The Kier molecular flexibility index (Phi) is 6.42. The predicted molar refractivity (Wildman–Crippen MR) is 97.4 cm³/mol. The van der Waals surface area contributed by atoms with Crippen LogP contribution in [0.25, 0.3) is 0 Å². The van der Waals surface area contributed by atoms with E-state index in [-0.39, 0.29) is 18.2 Å². The molecule has 5 nitrogen and oxygen atoms in total. The monoisotopic (exact) mass is 361 g/mol. The number of nitrogens with one attached hydrogen (secondary N) is 1. The summed E-state index contributed by atoms with van der Waals surface area (Å²) in [5.41, 5.74) is 1.74. The maximum atomic E-state index is 12.3. The fourth-order valence-electron chi connectivity index (χ4n) is 2.40. The standard InChI is InChI=1S/C19H20ClNO4/c1-12(13-4-7-15(24-2)8-5-13)10-18(22)21-17-11-14(19(23)25-3)6-9-16(17)20/h4-9,11-12H,10H2,1-3H3,(H,21,22). The molecule has 0 aromatic heterocycles. The minimum Gasteiger partial charge on any atom is -0.497 e. The molecule has 1 atom stereocenters. The van der Waals surface area contributed by atoms with Gasteiger partial charge in [0.05, 0.1) is 30.5 Å². The predicted octanol–water partition coefficient (Wildman–Crippen LogP) is 4.27. The molecule has 0 radical (unpaired) electrons. The first kappa shape index (κ1) is 18.8. The van der Waals surface area contributed by atoms with Gasteiger partial charge in [0.2, 0.25) is 5.91 Å². The van der Waals surface area contributed by atoms with Crippen LogP contribution in [0.5, 0.6) is 5.75 Å². The number of rotatable bonds is 6. The Morgan fingerprint density at radius 3 is 2.40 bits per heavy atom. The number of carbonyl (C=O) groups is 2. The van der Waals surface area contributed by atoms with Crippen LogP contribution in [-0.2, 0) is 9.53 Å². The minimum atomic E-state index is -0.487. The van der Waals surface area contributed by atoms with Crippen molar-refractivity contribution < 1.29 is 19.1 Å². The average Bonchev–Trinajstić information content (AvgIpc) is 2.62. The Morgan fingerprint density at radius 2 is 1.80 bits per heavy atom. The van der Waals surface area contributed by atoms with Crippen molar-refractivity contribution in [2.45, 2.75) is 19.3 Å². The Bertz CT molecular complexity index is 759. The zero-order chi connectivity index (χ0) is 18.4. The van der Waals surface area contributed by atoms with Crippen molar-refractivity contribution >= 4 is 29.2 Å². The molecule has 0 aliphatic rings. The molecule has 0 saturated carbocycles. The SMILES string of the molecule is COC(=O)c1ccc(Cl)c(NC(=O)CC(C)c2ccc(OC)cc2)c1. The molecule has 0 heterocycles. The van der Waals surface area contributed by atoms with E-state index in [1.807, 2.05) is 31.2 Å². The van der Waals surface area contributed by atoms with Gasteiger partial charge in [0.25, 0.3) is 0 Å². The van der Waals surface area contributed by atoms with Gasteiger partial charge in [-0.05, 0) is 41.8 Å². The summed E-state index contributed by atoms with van der Waals surface area (Å²) in [5.74, 6) is 0.117.